The van der Waals surface area contributed by atoms with Gasteiger partial charge in [0.1, 0.15) is 5.82 Å². The van der Waals surface area contributed by atoms with E-state index >= 15 is 0 Å². The molecule has 0 spiro atoms. The van der Waals surface area contributed by atoms with E-state index in [0.717, 1.165) is 59.8 Å². The number of unbranched alkanes of at least 4 members (excludes halogenated alkanes) is 18. The number of aromatic nitrogens is 4. The van der Waals surface area contributed by atoms with E-state index in [1.807, 2.05) is 18.2 Å². The molecule has 0 bridgehead atoms. The molecule has 0 unspecified atom stereocenters. The SMILES string of the molecule is CCCCCCCCCCCCn1c(=O)c(F)cn(Cc2nc3ccccc3n2CCCCCCCCCCCC)c1=O. The summed E-state index contributed by atoms with van der Waals surface area (Å²) in [5.41, 5.74) is 0.619. The Morgan fingerprint density at radius 3 is 1.63 bits per heavy atom. The summed E-state index contributed by atoms with van der Waals surface area (Å²) in [4.78, 5) is 30.7. The summed E-state index contributed by atoms with van der Waals surface area (Å²) in [5, 5.41) is 0. The van der Waals surface area contributed by atoms with E-state index in [0.29, 0.717) is 6.42 Å². The van der Waals surface area contributed by atoms with Crippen molar-refractivity contribution in [1.82, 2.24) is 18.7 Å². The van der Waals surface area contributed by atoms with E-state index in [1.54, 1.807) is 0 Å². The van der Waals surface area contributed by atoms with E-state index in [1.165, 1.54) is 101 Å². The lowest BCUT2D eigenvalue weighted by Gasteiger charge is -2.13. The third-order valence-electron chi connectivity index (χ3n) is 8.71. The smallest absolute Gasteiger partial charge is 0.326 e. The molecule has 3 rings (SSSR count). The van der Waals surface area contributed by atoms with Crippen LogP contribution >= 0.6 is 0 Å². The summed E-state index contributed by atoms with van der Waals surface area (Å²) < 4.78 is 19.3. The van der Waals surface area contributed by atoms with Gasteiger partial charge in [-0.25, -0.2) is 9.78 Å². The summed E-state index contributed by atoms with van der Waals surface area (Å²) in [6, 6.07) is 7.99. The lowest BCUT2D eigenvalue weighted by Crippen LogP contribution is -2.41. The van der Waals surface area contributed by atoms with Crippen molar-refractivity contribution in [3.05, 3.63) is 62.9 Å². The van der Waals surface area contributed by atoms with Gasteiger partial charge in [0.25, 0.3) is 5.56 Å². The normalized spacial score (nSPS) is 11.6. The molecule has 1 aromatic carbocycles. The molecule has 0 aliphatic carbocycles. The average molecular weight is 597 g/mol. The van der Waals surface area contributed by atoms with Crippen LogP contribution in [0.4, 0.5) is 4.39 Å². The zero-order valence-corrected chi connectivity index (χ0v) is 27.1. The molecule has 0 N–H and O–H groups in total. The van der Waals surface area contributed by atoms with E-state index in [9.17, 15) is 14.0 Å². The third kappa shape index (κ3) is 11.7. The maximum absolute atomic E-state index is 14.7. The highest BCUT2D eigenvalue weighted by Crippen LogP contribution is 2.19. The molecule has 0 fully saturated rings. The Labute approximate surface area is 258 Å². The molecule has 0 radical (unpaired) electrons. The summed E-state index contributed by atoms with van der Waals surface area (Å²) in [5.74, 6) is -0.160. The highest BCUT2D eigenvalue weighted by Gasteiger charge is 2.16. The first-order chi connectivity index (χ1) is 21.1. The Morgan fingerprint density at radius 1 is 0.628 bits per heavy atom. The molecule has 2 heterocycles. The lowest BCUT2D eigenvalue weighted by atomic mass is 10.1. The minimum atomic E-state index is -0.885. The Kier molecular flexibility index (Phi) is 16.4. The van der Waals surface area contributed by atoms with Crippen LogP contribution in [0.25, 0.3) is 11.0 Å². The predicted molar refractivity (Wildman–Crippen MR) is 177 cm³/mol. The first kappa shape index (κ1) is 34.8. The van der Waals surface area contributed by atoms with Crippen molar-refractivity contribution >= 4 is 11.0 Å². The number of hydrogen-bond acceptors (Lipinski definition) is 3. The Morgan fingerprint density at radius 2 is 1.09 bits per heavy atom. The second kappa shape index (κ2) is 20.3. The lowest BCUT2D eigenvalue weighted by molar-refractivity contribution is 0.467. The van der Waals surface area contributed by atoms with Gasteiger partial charge in [0.05, 0.1) is 23.8 Å². The van der Waals surface area contributed by atoms with Gasteiger partial charge >= 0.3 is 5.69 Å². The maximum atomic E-state index is 14.7. The van der Waals surface area contributed by atoms with Gasteiger partial charge in [-0.3, -0.25) is 13.9 Å². The van der Waals surface area contributed by atoms with Crippen LogP contribution in [0.15, 0.2) is 40.1 Å². The monoisotopic (exact) mass is 596 g/mol. The van der Waals surface area contributed by atoms with Gasteiger partial charge in [-0.15, -0.1) is 0 Å². The number of fused-ring (bicyclic) bond motifs is 1. The molecular formula is C36H57FN4O2. The second-order valence-corrected chi connectivity index (χ2v) is 12.4. The van der Waals surface area contributed by atoms with Crippen LogP contribution in [0.3, 0.4) is 0 Å². The molecule has 2 aromatic heterocycles. The number of hydrogen-bond donors (Lipinski definition) is 0. The van der Waals surface area contributed by atoms with E-state index in [2.05, 4.69) is 24.5 Å². The van der Waals surface area contributed by atoms with Crippen molar-refractivity contribution in [3.63, 3.8) is 0 Å². The van der Waals surface area contributed by atoms with Gasteiger partial charge in [0, 0.05) is 13.1 Å². The summed E-state index contributed by atoms with van der Waals surface area (Å²) in [7, 11) is 0. The van der Waals surface area contributed by atoms with Gasteiger partial charge in [-0.05, 0) is 25.0 Å². The molecule has 0 atom stereocenters. The molecule has 0 aliphatic heterocycles. The van der Waals surface area contributed by atoms with Gasteiger partial charge in [0.2, 0.25) is 5.82 Å². The van der Waals surface area contributed by atoms with Crippen molar-refractivity contribution in [1.29, 1.82) is 0 Å². The highest BCUT2D eigenvalue weighted by molar-refractivity contribution is 5.75. The molecule has 0 aliphatic rings. The number of aryl methyl sites for hydroxylation is 1. The highest BCUT2D eigenvalue weighted by atomic mass is 19.1. The number of imidazole rings is 1. The van der Waals surface area contributed by atoms with E-state index in [4.69, 9.17) is 4.98 Å². The van der Waals surface area contributed by atoms with Crippen LogP contribution in [0, 0.1) is 5.82 Å². The van der Waals surface area contributed by atoms with Crippen molar-refractivity contribution in [2.75, 3.05) is 0 Å². The Hall–Kier alpha value is -2.70. The molecule has 240 valence electrons. The second-order valence-electron chi connectivity index (χ2n) is 12.4. The molecule has 0 saturated heterocycles. The van der Waals surface area contributed by atoms with Crippen molar-refractivity contribution < 1.29 is 4.39 Å². The minimum absolute atomic E-state index is 0.139. The molecule has 0 amide bonds. The van der Waals surface area contributed by atoms with Crippen molar-refractivity contribution in [2.24, 2.45) is 0 Å². The Balaban J connectivity index is 1.56. The predicted octanol–water partition coefficient (Wildman–Crippen LogP) is 9.39. The van der Waals surface area contributed by atoms with Crippen LogP contribution in [-0.4, -0.2) is 18.7 Å². The molecular weight excluding hydrogens is 539 g/mol. The van der Waals surface area contributed by atoms with Gasteiger partial charge in [0.15, 0.2) is 0 Å². The third-order valence-corrected chi connectivity index (χ3v) is 8.71. The average Bonchev–Trinajstić information content (AvgIpc) is 3.36. The fraction of sp³-hybridized carbons (Fsp3) is 0.694. The van der Waals surface area contributed by atoms with Crippen LogP contribution in [0.5, 0.6) is 0 Å². The maximum Gasteiger partial charge on any atom is 0.331 e. The van der Waals surface area contributed by atoms with Gasteiger partial charge in [-0.2, -0.15) is 4.39 Å². The summed E-state index contributed by atoms with van der Waals surface area (Å²) >= 11 is 0. The number of nitrogens with zero attached hydrogens (tertiary/aromatic N) is 4. The molecule has 7 heteroatoms. The van der Waals surface area contributed by atoms with Crippen molar-refractivity contribution in [3.8, 4) is 0 Å². The van der Waals surface area contributed by atoms with Gasteiger partial charge in [-0.1, -0.05) is 142 Å². The fourth-order valence-corrected chi connectivity index (χ4v) is 6.09. The molecule has 43 heavy (non-hydrogen) atoms. The standard InChI is InChI=1S/C36H57FN4O2/c1-3-5-7-9-11-13-15-17-19-23-27-40-33-26-22-21-25-32(33)38-34(40)30-39-29-31(37)35(42)41(36(39)43)28-24-20-18-16-14-12-10-8-6-4-2/h21-22,25-26,29H,3-20,23-24,27-28,30H2,1-2H3. The largest absolute Gasteiger partial charge is 0.331 e. The number of rotatable bonds is 24. The van der Waals surface area contributed by atoms with Crippen molar-refractivity contribution in [2.45, 2.75) is 162 Å². The van der Waals surface area contributed by atoms with Crippen LogP contribution in [0.1, 0.15) is 148 Å². The topological polar surface area (TPSA) is 61.8 Å². The molecule has 6 nitrogen and oxygen atoms in total. The van der Waals surface area contributed by atoms with Crippen LogP contribution in [0.2, 0.25) is 0 Å². The number of halogens is 1. The van der Waals surface area contributed by atoms with E-state index in [-0.39, 0.29) is 13.1 Å². The number of para-hydroxylation sites is 2. The quantitative estimate of drug-likeness (QED) is 0.0968. The molecule has 0 saturated carbocycles. The number of benzene rings is 1. The van der Waals surface area contributed by atoms with Crippen LogP contribution in [-0.2, 0) is 19.6 Å². The summed E-state index contributed by atoms with van der Waals surface area (Å²) in [6.45, 7) is 5.68. The molecule has 3 aromatic rings. The first-order valence-electron chi connectivity index (χ1n) is 17.5. The first-order valence-corrected chi connectivity index (χ1v) is 17.5. The summed E-state index contributed by atoms with van der Waals surface area (Å²) in [6.07, 6.45) is 25.3. The van der Waals surface area contributed by atoms with Crippen LogP contribution < -0.4 is 11.2 Å². The zero-order chi connectivity index (χ0) is 30.7. The van der Waals surface area contributed by atoms with Gasteiger partial charge < -0.3 is 4.57 Å². The Bertz CT molecular complexity index is 1310. The zero-order valence-electron chi connectivity index (χ0n) is 27.1. The minimum Gasteiger partial charge on any atom is -0.326 e. The fourth-order valence-electron chi connectivity index (χ4n) is 6.09. The van der Waals surface area contributed by atoms with E-state index < -0.39 is 17.1 Å².